The first kappa shape index (κ1) is 11.7. The van der Waals surface area contributed by atoms with Gasteiger partial charge in [-0.2, -0.15) is 10.2 Å². The minimum atomic E-state index is 0.486. The van der Waals surface area contributed by atoms with E-state index in [1.807, 2.05) is 0 Å². The lowest BCUT2D eigenvalue weighted by molar-refractivity contribution is 0.398. The Balaban J connectivity index is 2.25. The Bertz CT molecular complexity index is 587. The molecule has 1 aromatic heterocycles. The third kappa shape index (κ3) is 2.50. The van der Waals surface area contributed by atoms with Crippen LogP contribution < -0.4 is 15.8 Å². The van der Waals surface area contributed by atoms with Crippen LogP contribution in [0.4, 0.5) is 17.2 Å². The summed E-state index contributed by atoms with van der Waals surface area (Å²) in [5.41, 5.74) is 7.75. The molecule has 0 aliphatic rings. The maximum Gasteiger partial charge on any atom is 0.215 e. The fourth-order valence-corrected chi connectivity index (χ4v) is 1.43. The van der Waals surface area contributed by atoms with Gasteiger partial charge in [0.2, 0.25) is 5.88 Å². The standard InChI is InChI=1S/C13H12N4O/c1-18-12-7-6-11(15)13(17-12)16-10-4-2-9(8-14)3-5-10/h2-7H,15H2,1H3,(H,16,17). The first-order valence-electron chi connectivity index (χ1n) is 5.30. The molecule has 0 aliphatic heterocycles. The summed E-state index contributed by atoms with van der Waals surface area (Å²) < 4.78 is 5.03. The van der Waals surface area contributed by atoms with Crippen molar-refractivity contribution in [2.75, 3.05) is 18.2 Å². The molecule has 1 heterocycles. The fourth-order valence-electron chi connectivity index (χ4n) is 1.43. The molecule has 2 aromatic rings. The summed E-state index contributed by atoms with van der Waals surface area (Å²) in [5, 5.41) is 11.8. The van der Waals surface area contributed by atoms with E-state index < -0.39 is 0 Å². The molecule has 0 fully saturated rings. The molecule has 2 rings (SSSR count). The van der Waals surface area contributed by atoms with Gasteiger partial charge in [0.25, 0.3) is 0 Å². The number of nitrogen functional groups attached to an aromatic ring is 1. The number of hydrogen-bond acceptors (Lipinski definition) is 5. The highest BCUT2D eigenvalue weighted by Crippen LogP contribution is 2.23. The van der Waals surface area contributed by atoms with Crippen LogP contribution in [0.3, 0.4) is 0 Å². The number of pyridine rings is 1. The summed E-state index contributed by atoms with van der Waals surface area (Å²) >= 11 is 0. The second-order valence-corrected chi connectivity index (χ2v) is 3.61. The summed E-state index contributed by atoms with van der Waals surface area (Å²) in [7, 11) is 1.55. The molecule has 0 radical (unpaired) electrons. The summed E-state index contributed by atoms with van der Waals surface area (Å²) in [5.74, 6) is 1.01. The molecule has 0 saturated heterocycles. The third-order valence-corrected chi connectivity index (χ3v) is 2.39. The van der Waals surface area contributed by atoms with E-state index in [1.165, 1.54) is 0 Å². The van der Waals surface area contributed by atoms with E-state index in [0.29, 0.717) is 22.9 Å². The Hall–Kier alpha value is -2.74. The second kappa shape index (κ2) is 5.06. The average molecular weight is 240 g/mol. The van der Waals surface area contributed by atoms with Crippen LogP contribution >= 0.6 is 0 Å². The third-order valence-electron chi connectivity index (χ3n) is 2.39. The normalized spacial score (nSPS) is 9.56. The largest absolute Gasteiger partial charge is 0.481 e. The van der Waals surface area contributed by atoms with Crippen LogP contribution in [0.2, 0.25) is 0 Å². The zero-order chi connectivity index (χ0) is 13.0. The average Bonchev–Trinajstić information content (AvgIpc) is 2.42. The molecule has 1 aromatic carbocycles. The number of methoxy groups -OCH3 is 1. The van der Waals surface area contributed by atoms with E-state index in [2.05, 4.69) is 16.4 Å². The first-order chi connectivity index (χ1) is 8.72. The van der Waals surface area contributed by atoms with Crippen molar-refractivity contribution >= 4 is 17.2 Å². The Labute approximate surface area is 105 Å². The topological polar surface area (TPSA) is 84.0 Å². The Morgan fingerprint density at radius 3 is 2.56 bits per heavy atom. The lowest BCUT2D eigenvalue weighted by Gasteiger charge is -2.09. The molecule has 0 aliphatic carbocycles. The van der Waals surface area contributed by atoms with Crippen LogP contribution in [0.5, 0.6) is 5.88 Å². The molecule has 0 atom stereocenters. The van der Waals surface area contributed by atoms with Crippen LogP contribution in [0, 0.1) is 11.3 Å². The quantitative estimate of drug-likeness (QED) is 0.859. The van der Waals surface area contributed by atoms with Crippen LogP contribution in [-0.2, 0) is 0 Å². The van der Waals surface area contributed by atoms with Gasteiger partial charge in [-0.05, 0) is 30.3 Å². The highest BCUT2D eigenvalue weighted by atomic mass is 16.5. The molecule has 18 heavy (non-hydrogen) atoms. The number of anilines is 3. The number of nitriles is 1. The van der Waals surface area contributed by atoms with Gasteiger partial charge in [0, 0.05) is 11.8 Å². The van der Waals surface area contributed by atoms with Gasteiger partial charge in [-0.15, -0.1) is 0 Å². The number of nitrogens with one attached hydrogen (secondary N) is 1. The SMILES string of the molecule is COc1ccc(N)c(Nc2ccc(C#N)cc2)n1. The molecular formula is C13H12N4O. The first-order valence-corrected chi connectivity index (χ1v) is 5.30. The Morgan fingerprint density at radius 2 is 1.94 bits per heavy atom. The maximum atomic E-state index is 8.71. The smallest absolute Gasteiger partial charge is 0.215 e. The van der Waals surface area contributed by atoms with Crippen molar-refractivity contribution in [2.24, 2.45) is 0 Å². The van der Waals surface area contributed by atoms with Gasteiger partial charge in [-0.25, -0.2) is 0 Å². The molecule has 5 nitrogen and oxygen atoms in total. The van der Waals surface area contributed by atoms with Crippen molar-refractivity contribution in [2.45, 2.75) is 0 Å². The van der Waals surface area contributed by atoms with Crippen LogP contribution in [0.25, 0.3) is 0 Å². The van der Waals surface area contributed by atoms with Crippen molar-refractivity contribution < 1.29 is 4.74 Å². The van der Waals surface area contributed by atoms with Gasteiger partial charge < -0.3 is 15.8 Å². The van der Waals surface area contributed by atoms with Gasteiger partial charge in [0.15, 0.2) is 5.82 Å². The lowest BCUT2D eigenvalue weighted by Crippen LogP contribution is -2.00. The second-order valence-electron chi connectivity index (χ2n) is 3.61. The van der Waals surface area contributed by atoms with Crippen LogP contribution in [-0.4, -0.2) is 12.1 Å². The summed E-state index contributed by atoms with van der Waals surface area (Å²) in [6.45, 7) is 0. The van der Waals surface area contributed by atoms with Crippen molar-refractivity contribution in [1.82, 2.24) is 4.98 Å². The van der Waals surface area contributed by atoms with Gasteiger partial charge in [0.1, 0.15) is 0 Å². The minimum absolute atomic E-state index is 0.486. The Kier molecular flexibility index (Phi) is 3.30. The van der Waals surface area contributed by atoms with Crippen molar-refractivity contribution in [1.29, 1.82) is 5.26 Å². The fraction of sp³-hybridized carbons (Fsp3) is 0.0769. The van der Waals surface area contributed by atoms with E-state index in [4.69, 9.17) is 15.7 Å². The van der Waals surface area contributed by atoms with Crippen LogP contribution in [0.15, 0.2) is 36.4 Å². The predicted molar refractivity (Wildman–Crippen MR) is 69.6 cm³/mol. The molecule has 3 N–H and O–H groups in total. The number of hydrogen-bond donors (Lipinski definition) is 2. The number of nitrogens with zero attached hydrogens (tertiary/aromatic N) is 2. The van der Waals surface area contributed by atoms with Crippen molar-refractivity contribution in [3.05, 3.63) is 42.0 Å². The van der Waals surface area contributed by atoms with Gasteiger partial charge in [-0.1, -0.05) is 0 Å². The Morgan fingerprint density at radius 1 is 1.22 bits per heavy atom. The molecule has 0 spiro atoms. The lowest BCUT2D eigenvalue weighted by atomic mass is 10.2. The maximum absolute atomic E-state index is 8.71. The van der Waals surface area contributed by atoms with Gasteiger partial charge in [-0.3, -0.25) is 0 Å². The number of aromatic nitrogens is 1. The summed E-state index contributed by atoms with van der Waals surface area (Å²) in [6.07, 6.45) is 0. The minimum Gasteiger partial charge on any atom is -0.481 e. The molecule has 0 bridgehead atoms. The van der Waals surface area contributed by atoms with Gasteiger partial charge >= 0.3 is 0 Å². The molecular weight excluding hydrogens is 228 g/mol. The van der Waals surface area contributed by atoms with E-state index in [0.717, 1.165) is 5.69 Å². The summed E-state index contributed by atoms with van der Waals surface area (Å²) in [4.78, 5) is 4.21. The van der Waals surface area contributed by atoms with E-state index in [1.54, 1.807) is 43.5 Å². The van der Waals surface area contributed by atoms with E-state index in [-0.39, 0.29) is 0 Å². The van der Waals surface area contributed by atoms with Crippen molar-refractivity contribution in [3.8, 4) is 11.9 Å². The van der Waals surface area contributed by atoms with Crippen molar-refractivity contribution in [3.63, 3.8) is 0 Å². The number of benzene rings is 1. The predicted octanol–water partition coefficient (Wildman–Crippen LogP) is 2.29. The molecule has 0 saturated carbocycles. The van der Waals surface area contributed by atoms with E-state index >= 15 is 0 Å². The molecule has 0 amide bonds. The van der Waals surface area contributed by atoms with Gasteiger partial charge in [0.05, 0.1) is 24.4 Å². The summed E-state index contributed by atoms with van der Waals surface area (Å²) in [6, 6.07) is 12.5. The molecule has 90 valence electrons. The zero-order valence-corrected chi connectivity index (χ0v) is 9.84. The highest BCUT2D eigenvalue weighted by Gasteiger charge is 2.03. The molecule has 5 heteroatoms. The van der Waals surface area contributed by atoms with Crippen LogP contribution in [0.1, 0.15) is 5.56 Å². The van der Waals surface area contributed by atoms with E-state index in [9.17, 15) is 0 Å². The monoisotopic (exact) mass is 240 g/mol. The number of rotatable bonds is 3. The zero-order valence-electron chi connectivity index (χ0n) is 9.84. The highest BCUT2D eigenvalue weighted by molar-refractivity contribution is 5.69. The number of nitrogens with two attached hydrogens (primary N) is 1. The molecule has 0 unspecified atom stereocenters. The number of ether oxygens (including phenoxy) is 1.